The van der Waals surface area contributed by atoms with Crippen LogP contribution in [-0.2, 0) is 0 Å². The van der Waals surface area contributed by atoms with Gasteiger partial charge in [0.05, 0.1) is 6.61 Å². The number of aliphatic hydroxyl groups excluding tert-OH is 1. The fraction of sp³-hybridized carbons (Fsp3) is 0.467. The quantitative estimate of drug-likeness (QED) is 0.757. The Balaban J connectivity index is 1.87. The van der Waals surface area contributed by atoms with Crippen molar-refractivity contribution in [2.45, 2.75) is 19.3 Å². The van der Waals surface area contributed by atoms with Crippen molar-refractivity contribution in [3.63, 3.8) is 0 Å². The summed E-state index contributed by atoms with van der Waals surface area (Å²) in [6, 6.07) is 8.30. The van der Waals surface area contributed by atoms with E-state index in [2.05, 4.69) is 23.5 Å². The molecule has 0 aromatic heterocycles. The number of hydrogen-bond donors (Lipinski definition) is 2. The molecule has 18 heavy (non-hydrogen) atoms. The number of ether oxygens (including phenoxy) is 1. The molecule has 0 saturated carbocycles. The molecule has 0 radical (unpaired) electrons. The second kappa shape index (κ2) is 7.19. The maximum atomic E-state index is 8.68. The first-order chi connectivity index (χ1) is 8.90. The highest BCUT2D eigenvalue weighted by molar-refractivity contribution is 5.67. The average molecular weight is 247 g/mol. The van der Waals surface area contributed by atoms with Gasteiger partial charge in [0, 0.05) is 13.2 Å². The third-order valence-corrected chi connectivity index (χ3v) is 3.11. The Labute approximate surface area is 108 Å². The molecule has 1 aromatic carbocycles. The highest BCUT2D eigenvalue weighted by atomic mass is 16.5. The molecule has 0 atom stereocenters. The van der Waals surface area contributed by atoms with Gasteiger partial charge in [-0.15, -0.1) is 0 Å². The lowest BCUT2D eigenvalue weighted by molar-refractivity contribution is 0.253. The number of aliphatic hydroxyl groups is 1. The second-order valence-corrected chi connectivity index (χ2v) is 4.49. The van der Waals surface area contributed by atoms with E-state index in [0.717, 1.165) is 38.1 Å². The predicted molar refractivity (Wildman–Crippen MR) is 73.7 cm³/mol. The van der Waals surface area contributed by atoms with Gasteiger partial charge in [-0.3, -0.25) is 0 Å². The van der Waals surface area contributed by atoms with E-state index in [9.17, 15) is 0 Å². The van der Waals surface area contributed by atoms with Crippen molar-refractivity contribution in [1.82, 2.24) is 5.32 Å². The van der Waals surface area contributed by atoms with Crippen molar-refractivity contribution in [3.8, 4) is 5.75 Å². The molecule has 1 aromatic rings. The van der Waals surface area contributed by atoms with Crippen molar-refractivity contribution < 1.29 is 9.84 Å². The molecule has 0 unspecified atom stereocenters. The van der Waals surface area contributed by atoms with E-state index in [0.29, 0.717) is 6.61 Å². The van der Waals surface area contributed by atoms with Crippen LogP contribution in [0.3, 0.4) is 0 Å². The number of hydrogen-bond acceptors (Lipinski definition) is 3. The highest BCUT2D eigenvalue weighted by Gasteiger charge is 2.05. The van der Waals surface area contributed by atoms with Crippen LogP contribution in [0, 0.1) is 0 Å². The van der Waals surface area contributed by atoms with Crippen molar-refractivity contribution in [1.29, 1.82) is 0 Å². The van der Waals surface area contributed by atoms with Gasteiger partial charge in [-0.05, 0) is 49.1 Å². The maximum Gasteiger partial charge on any atom is 0.119 e. The van der Waals surface area contributed by atoms with Gasteiger partial charge >= 0.3 is 0 Å². The monoisotopic (exact) mass is 247 g/mol. The van der Waals surface area contributed by atoms with Crippen LogP contribution in [0.2, 0.25) is 0 Å². The number of nitrogens with one attached hydrogen (secondary N) is 1. The van der Waals surface area contributed by atoms with Crippen LogP contribution in [0.25, 0.3) is 5.57 Å². The lowest BCUT2D eigenvalue weighted by Crippen LogP contribution is -2.19. The zero-order valence-corrected chi connectivity index (χ0v) is 10.7. The molecule has 0 amide bonds. The number of unbranched alkanes of at least 4 members (excludes halogenated alkanes) is 1. The van der Waals surface area contributed by atoms with Crippen molar-refractivity contribution in [3.05, 3.63) is 35.9 Å². The molecule has 0 fully saturated rings. The van der Waals surface area contributed by atoms with Gasteiger partial charge in [-0.1, -0.05) is 18.2 Å². The zero-order chi connectivity index (χ0) is 12.6. The SMILES string of the molecule is OCCCCOc1ccc(C2=CCNCC2)cc1. The Bertz CT molecular complexity index is 384. The number of benzene rings is 1. The Morgan fingerprint density at radius 1 is 1.17 bits per heavy atom. The summed E-state index contributed by atoms with van der Waals surface area (Å²) in [5.74, 6) is 0.909. The molecule has 1 aliphatic heterocycles. The lowest BCUT2D eigenvalue weighted by Gasteiger charge is -2.14. The molecule has 2 N–H and O–H groups in total. The van der Waals surface area contributed by atoms with Crippen LogP contribution in [-0.4, -0.2) is 31.4 Å². The summed E-state index contributed by atoms with van der Waals surface area (Å²) in [5.41, 5.74) is 2.71. The molecular weight excluding hydrogens is 226 g/mol. The van der Waals surface area contributed by atoms with Gasteiger partial charge in [0.1, 0.15) is 5.75 Å². The van der Waals surface area contributed by atoms with Crippen molar-refractivity contribution in [2.24, 2.45) is 0 Å². The molecule has 3 heteroatoms. The van der Waals surface area contributed by atoms with E-state index in [4.69, 9.17) is 9.84 Å². The molecule has 0 aliphatic carbocycles. The molecule has 2 rings (SSSR count). The largest absolute Gasteiger partial charge is 0.494 e. The molecule has 98 valence electrons. The Kier molecular flexibility index (Phi) is 5.24. The van der Waals surface area contributed by atoms with Crippen LogP contribution in [0.1, 0.15) is 24.8 Å². The first kappa shape index (κ1) is 13.1. The fourth-order valence-electron chi connectivity index (χ4n) is 2.05. The summed E-state index contributed by atoms with van der Waals surface area (Å²) in [6.45, 7) is 2.94. The van der Waals surface area contributed by atoms with E-state index in [1.54, 1.807) is 0 Å². The van der Waals surface area contributed by atoms with Crippen molar-refractivity contribution >= 4 is 5.57 Å². The van der Waals surface area contributed by atoms with Gasteiger partial charge < -0.3 is 15.2 Å². The molecule has 0 saturated heterocycles. The summed E-state index contributed by atoms with van der Waals surface area (Å²) in [7, 11) is 0. The standard InChI is InChI=1S/C15H21NO2/c17-11-1-2-12-18-15-5-3-13(4-6-15)14-7-9-16-10-8-14/h3-7,16-17H,1-2,8-12H2. The third-order valence-electron chi connectivity index (χ3n) is 3.11. The topological polar surface area (TPSA) is 41.5 Å². The van der Waals surface area contributed by atoms with Crippen LogP contribution >= 0.6 is 0 Å². The smallest absolute Gasteiger partial charge is 0.119 e. The molecule has 0 spiro atoms. The van der Waals surface area contributed by atoms with Crippen LogP contribution in [0.5, 0.6) is 5.75 Å². The van der Waals surface area contributed by atoms with E-state index in [1.165, 1.54) is 11.1 Å². The Morgan fingerprint density at radius 3 is 2.67 bits per heavy atom. The van der Waals surface area contributed by atoms with Gasteiger partial charge in [0.25, 0.3) is 0 Å². The van der Waals surface area contributed by atoms with Gasteiger partial charge in [0.2, 0.25) is 0 Å². The molecule has 1 aliphatic rings. The summed E-state index contributed by atoms with van der Waals surface area (Å²) in [4.78, 5) is 0. The van der Waals surface area contributed by atoms with E-state index >= 15 is 0 Å². The van der Waals surface area contributed by atoms with Crippen LogP contribution in [0.15, 0.2) is 30.3 Å². The van der Waals surface area contributed by atoms with Gasteiger partial charge in [-0.2, -0.15) is 0 Å². The minimum atomic E-state index is 0.241. The summed E-state index contributed by atoms with van der Waals surface area (Å²) < 4.78 is 5.61. The highest BCUT2D eigenvalue weighted by Crippen LogP contribution is 2.22. The minimum absolute atomic E-state index is 0.241. The molecule has 1 heterocycles. The molecule has 3 nitrogen and oxygen atoms in total. The predicted octanol–water partition coefficient (Wildman–Crippen LogP) is 2.21. The average Bonchev–Trinajstić information content (AvgIpc) is 2.45. The summed E-state index contributed by atoms with van der Waals surface area (Å²) in [6.07, 6.45) is 5.05. The van der Waals surface area contributed by atoms with Crippen LogP contribution in [0.4, 0.5) is 0 Å². The third kappa shape index (κ3) is 3.86. The first-order valence-electron chi connectivity index (χ1n) is 6.64. The lowest BCUT2D eigenvalue weighted by atomic mass is 10.0. The van der Waals surface area contributed by atoms with Crippen molar-refractivity contribution in [2.75, 3.05) is 26.3 Å². The van der Waals surface area contributed by atoms with Gasteiger partial charge in [0.15, 0.2) is 0 Å². The zero-order valence-electron chi connectivity index (χ0n) is 10.7. The van der Waals surface area contributed by atoms with E-state index < -0.39 is 0 Å². The normalized spacial score (nSPS) is 15.3. The maximum absolute atomic E-state index is 8.68. The second-order valence-electron chi connectivity index (χ2n) is 4.49. The summed E-state index contributed by atoms with van der Waals surface area (Å²) >= 11 is 0. The Hall–Kier alpha value is -1.32. The van der Waals surface area contributed by atoms with Crippen LogP contribution < -0.4 is 10.1 Å². The first-order valence-corrected chi connectivity index (χ1v) is 6.64. The molecule has 0 bridgehead atoms. The Morgan fingerprint density at radius 2 is 2.00 bits per heavy atom. The van der Waals surface area contributed by atoms with E-state index in [1.807, 2.05) is 12.1 Å². The summed E-state index contributed by atoms with van der Waals surface area (Å²) in [5, 5.41) is 12.0. The van der Waals surface area contributed by atoms with E-state index in [-0.39, 0.29) is 6.61 Å². The minimum Gasteiger partial charge on any atom is -0.494 e. The molecular formula is C15H21NO2. The number of rotatable bonds is 6. The van der Waals surface area contributed by atoms with Gasteiger partial charge in [-0.25, -0.2) is 0 Å². The fourth-order valence-corrected chi connectivity index (χ4v) is 2.05.